The van der Waals surface area contributed by atoms with Crippen molar-refractivity contribution in [1.29, 1.82) is 5.26 Å². The Labute approximate surface area is 184 Å². The number of hydrogen-bond donors (Lipinski definition) is 0. The molecule has 0 radical (unpaired) electrons. The highest BCUT2D eigenvalue weighted by Crippen LogP contribution is 2.34. The van der Waals surface area contributed by atoms with E-state index >= 15 is 0 Å². The van der Waals surface area contributed by atoms with E-state index in [1.807, 2.05) is 26.8 Å². The van der Waals surface area contributed by atoms with Crippen molar-refractivity contribution in [3.05, 3.63) is 59.2 Å². The molecule has 2 aromatic heterocycles. The van der Waals surface area contributed by atoms with Gasteiger partial charge in [-0.2, -0.15) is 15.3 Å². The van der Waals surface area contributed by atoms with Crippen LogP contribution in [0.3, 0.4) is 0 Å². The minimum Gasteiger partial charge on any atom is -0.338 e. The number of likely N-dealkylation sites (tertiary alicyclic amines) is 1. The van der Waals surface area contributed by atoms with Crippen LogP contribution in [0.2, 0.25) is 0 Å². The summed E-state index contributed by atoms with van der Waals surface area (Å²) in [7, 11) is 0. The van der Waals surface area contributed by atoms with Crippen molar-refractivity contribution in [3.8, 4) is 6.07 Å². The van der Waals surface area contributed by atoms with Gasteiger partial charge in [-0.05, 0) is 49.9 Å². The first-order valence-electron chi connectivity index (χ1n) is 10.5. The Morgan fingerprint density at radius 3 is 2.81 bits per heavy atom. The highest BCUT2D eigenvalue weighted by molar-refractivity contribution is 5.94. The molecule has 1 aromatic carbocycles. The van der Waals surface area contributed by atoms with E-state index in [9.17, 15) is 18.8 Å². The van der Waals surface area contributed by atoms with Crippen molar-refractivity contribution in [2.75, 3.05) is 13.1 Å². The van der Waals surface area contributed by atoms with Gasteiger partial charge in [-0.25, -0.2) is 18.3 Å². The van der Waals surface area contributed by atoms with Crippen LogP contribution in [-0.2, 0) is 5.41 Å². The van der Waals surface area contributed by atoms with Crippen LogP contribution in [-0.4, -0.2) is 43.5 Å². The number of amides is 1. The van der Waals surface area contributed by atoms with Crippen LogP contribution in [0.5, 0.6) is 0 Å². The zero-order valence-electron chi connectivity index (χ0n) is 18.2. The number of nitriles is 1. The van der Waals surface area contributed by atoms with E-state index in [0.717, 1.165) is 12.0 Å². The predicted octanol–water partition coefficient (Wildman–Crippen LogP) is 4.13. The molecule has 0 unspecified atom stereocenters. The lowest BCUT2D eigenvalue weighted by molar-refractivity contribution is 0.0665. The number of benzene rings is 1. The normalized spacial score (nSPS) is 19.3. The zero-order chi connectivity index (χ0) is 23.0. The van der Waals surface area contributed by atoms with Gasteiger partial charge in [0.1, 0.15) is 12.0 Å². The lowest BCUT2D eigenvalue weighted by atomic mass is 9.83. The molecular weight excluding hydrogens is 414 g/mol. The minimum absolute atomic E-state index is 0.125. The number of carbonyl (C=O) groups is 1. The molecule has 9 heteroatoms. The Kier molecular flexibility index (Phi) is 5.63. The Hall–Kier alpha value is -3.41. The summed E-state index contributed by atoms with van der Waals surface area (Å²) in [4.78, 5) is 22.9. The molecule has 3 aromatic rings. The van der Waals surface area contributed by atoms with Crippen LogP contribution < -0.4 is 0 Å². The number of rotatable bonds is 4. The lowest BCUT2D eigenvalue weighted by Crippen LogP contribution is -2.42. The Morgan fingerprint density at radius 2 is 2.09 bits per heavy atom. The molecular formula is C23H24F2N6O. The molecule has 0 spiro atoms. The average Bonchev–Trinajstić information content (AvgIpc) is 3.27. The van der Waals surface area contributed by atoms with E-state index in [4.69, 9.17) is 0 Å². The molecule has 1 saturated heterocycles. The van der Waals surface area contributed by atoms with Crippen LogP contribution in [0.15, 0.2) is 36.7 Å². The molecule has 1 amide bonds. The minimum atomic E-state index is -2.72. The largest absolute Gasteiger partial charge is 0.338 e. The monoisotopic (exact) mass is 438 g/mol. The van der Waals surface area contributed by atoms with E-state index in [0.29, 0.717) is 24.3 Å². The number of aromatic nitrogens is 4. The highest BCUT2D eigenvalue weighted by atomic mass is 19.3. The molecule has 166 valence electrons. The van der Waals surface area contributed by atoms with Crippen molar-refractivity contribution < 1.29 is 13.6 Å². The Balaban J connectivity index is 1.66. The Bertz CT molecular complexity index is 1200. The fraction of sp³-hybridized carbons (Fsp3) is 0.435. The second-order valence-electron chi connectivity index (χ2n) is 8.82. The van der Waals surface area contributed by atoms with Crippen molar-refractivity contribution >= 4 is 11.7 Å². The average molecular weight is 438 g/mol. The summed E-state index contributed by atoms with van der Waals surface area (Å²) in [5.41, 5.74) is 0.798. The molecule has 1 fully saturated rings. The van der Waals surface area contributed by atoms with Gasteiger partial charge in [-0.15, -0.1) is 0 Å². The molecule has 4 rings (SSSR count). The fourth-order valence-electron chi connectivity index (χ4n) is 4.16. The molecule has 7 nitrogen and oxygen atoms in total. The third-order valence-electron chi connectivity index (χ3n) is 6.26. The number of alkyl halides is 2. The maximum Gasteiger partial charge on any atom is 0.280 e. The molecule has 3 heterocycles. The smallest absolute Gasteiger partial charge is 0.280 e. The molecule has 1 aliphatic rings. The third-order valence-corrected chi connectivity index (χ3v) is 6.26. The van der Waals surface area contributed by atoms with Crippen LogP contribution >= 0.6 is 0 Å². The molecule has 1 aliphatic heterocycles. The second-order valence-corrected chi connectivity index (χ2v) is 8.82. The van der Waals surface area contributed by atoms with Gasteiger partial charge in [-0.1, -0.05) is 19.1 Å². The van der Waals surface area contributed by atoms with Crippen LogP contribution in [0.4, 0.5) is 8.78 Å². The van der Waals surface area contributed by atoms with E-state index < -0.39 is 11.8 Å². The van der Waals surface area contributed by atoms with Gasteiger partial charge in [0.05, 0.1) is 17.2 Å². The van der Waals surface area contributed by atoms with Gasteiger partial charge < -0.3 is 4.90 Å². The van der Waals surface area contributed by atoms with Gasteiger partial charge in [-0.3, -0.25) is 4.79 Å². The predicted molar refractivity (Wildman–Crippen MR) is 113 cm³/mol. The Morgan fingerprint density at radius 1 is 1.31 bits per heavy atom. The first kappa shape index (κ1) is 21.8. The molecule has 0 bridgehead atoms. The van der Waals surface area contributed by atoms with Crippen LogP contribution in [0.25, 0.3) is 5.78 Å². The standard InChI is InChI=1S/C23H24F2N6O/c1-14-7-8-30(21(32)15-5-4-6-16(9-15)23(2,3)12-26)11-17(14)19-10-18(20(24)25)29-22-27-13-28-31(19)22/h4-6,9-10,13-14,17,20H,7-8,11H2,1-3H3/t14-,17-/m1/s1. The molecule has 2 atom stereocenters. The molecule has 0 aliphatic carbocycles. The molecule has 0 N–H and O–H groups in total. The number of piperidine rings is 1. The summed E-state index contributed by atoms with van der Waals surface area (Å²) in [6, 6.07) is 10.7. The summed E-state index contributed by atoms with van der Waals surface area (Å²) in [5, 5.41) is 13.6. The lowest BCUT2D eigenvalue weighted by Gasteiger charge is -2.37. The highest BCUT2D eigenvalue weighted by Gasteiger charge is 2.33. The summed E-state index contributed by atoms with van der Waals surface area (Å²) in [6.45, 7) is 6.60. The SMILES string of the molecule is C[C@@H]1CCN(C(=O)c2cccc(C(C)(C)C#N)c2)C[C@H]1c1cc(C(F)F)nc2ncnn12. The maximum atomic E-state index is 13.4. The summed E-state index contributed by atoms with van der Waals surface area (Å²) in [5.74, 6) is -0.0605. The van der Waals surface area contributed by atoms with E-state index in [1.54, 1.807) is 23.1 Å². The number of fused-ring (bicyclic) bond motifs is 1. The topological polar surface area (TPSA) is 87.2 Å². The van der Waals surface area contributed by atoms with Crippen LogP contribution in [0, 0.1) is 17.2 Å². The quantitative estimate of drug-likeness (QED) is 0.611. The van der Waals surface area contributed by atoms with E-state index in [2.05, 4.69) is 21.1 Å². The van der Waals surface area contributed by atoms with Crippen molar-refractivity contribution in [2.24, 2.45) is 5.92 Å². The van der Waals surface area contributed by atoms with Gasteiger partial charge in [0, 0.05) is 24.6 Å². The van der Waals surface area contributed by atoms with E-state index in [-0.39, 0.29) is 29.2 Å². The molecule has 32 heavy (non-hydrogen) atoms. The van der Waals surface area contributed by atoms with Gasteiger partial charge in [0.25, 0.3) is 18.1 Å². The first-order valence-corrected chi connectivity index (χ1v) is 10.5. The van der Waals surface area contributed by atoms with Gasteiger partial charge >= 0.3 is 0 Å². The number of carbonyl (C=O) groups excluding carboxylic acids is 1. The third kappa shape index (κ3) is 3.93. The molecule has 0 saturated carbocycles. The summed E-state index contributed by atoms with van der Waals surface area (Å²) in [6.07, 6.45) is -0.708. The van der Waals surface area contributed by atoms with Crippen molar-refractivity contribution in [3.63, 3.8) is 0 Å². The number of nitrogens with zero attached hydrogens (tertiary/aromatic N) is 6. The van der Waals surface area contributed by atoms with Crippen molar-refractivity contribution in [1.82, 2.24) is 24.5 Å². The summed E-state index contributed by atoms with van der Waals surface area (Å²) >= 11 is 0. The number of halogens is 2. The van der Waals surface area contributed by atoms with Crippen LogP contribution in [0.1, 0.15) is 66.8 Å². The van der Waals surface area contributed by atoms with Gasteiger partial charge in [0.15, 0.2) is 0 Å². The maximum absolute atomic E-state index is 13.4. The zero-order valence-corrected chi connectivity index (χ0v) is 18.2. The first-order chi connectivity index (χ1) is 15.2. The fourth-order valence-corrected chi connectivity index (χ4v) is 4.16. The summed E-state index contributed by atoms with van der Waals surface area (Å²) < 4.78 is 28.3. The second kappa shape index (κ2) is 8.26. The van der Waals surface area contributed by atoms with Gasteiger partial charge in [0.2, 0.25) is 0 Å². The van der Waals surface area contributed by atoms with Crippen molar-refractivity contribution in [2.45, 2.75) is 45.0 Å². The van der Waals surface area contributed by atoms with E-state index in [1.165, 1.54) is 16.9 Å². The number of hydrogen-bond acceptors (Lipinski definition) is 5.